The van der Waals surface area contributed by atoms with E-state index in [9.17, 15) is 4.39 Å². The third kappa shape index (κ3) is 1.70. The standard InChI is InChI=1S/C15H20FN/c1-17-10-11-5-8-15(6-2-7-15)14-4-3-12(16)9-13(11)14/h3-4,9,11,17H,2,5-8,10H2,1H3. The lowest BCUT2D eigenvalue weighted by Crippen LogP contribution is -2.40. The van der Waals surface area contributed by atoms with Gasteiger partial charge in [-0.05, 0) is 67.3 Å². The minimum absolute atomic E-state index is 0.0822. The fraction of sp³-hybridized carbons (Fsp3) is 0.600. The first kappa shape index (κ1) is 11.2. The van der Waals surface area contributed by atoms with Gasteiger partial charge in [0.05, 0.1) is 0 Å². The van der Waals surface area contributed by atoms with Crippen LogP contribution in [0.15, 0.2) is 18.2 Å². The number of benzene rings is 1. The van der Waals surface area contributed by atoms with Crippen molar-refractivity contribution in [3.8, 4) is 0 Å². The van der Waals surface area contributed by atoms with Crippen LogP contribution in [0, 0.1) is 5.82 Å². The van der Waals surface area contributed by atoms with Crippen LogP contribution < -0.4 is 5.32 Å². The van der Waals surface area contributed by atoms with Crippen LogP contribution in [0.3, 0.4) is 0 Å². The molecule has 1 saturated carbocycles. The molecule has 1 aromatic rings. The quantitative estimate of drug-likeness (QED) is 0.826. The Hall–Kier alpha value is -0.890. The second-order valence-electron chi connectivity index (χ2n) is 5.66. The van der Waals surface area contributed by atoms with Crippen LogP contribution in [0.5, 0.6) is 0 Å². The lowest BCUT2D eigenvalue weighted by atomic mass is 9.56. The molecule has 0 heterocycles. The fourth-order valence-corrected chi connectivity index (χ4v) is 3.68. The molecule has 1 fully saturated rings. The van der Waals surface area contributed by atoms with E-state index >= 15 is 0 Å². The van der Waals surface area contributed by atoms with Gasteiger partial charge < -0.3 is 5.32 Å². The Balaban J connectivity index is 2.03. The zero-order valence-corrected chi connectivity index (χ0v) is 10.4. The molecule has 3 rings (SSSR count). The van der Waals surface area contributed by atoms with Crippen molar-refractivity contribution < 1.29 is 4.39 Å². The van der Waals surface area contributed by atoms with Crippen molar-refractivity contribution in [3.05, 3.63) is 35.1 Å². The molecule has 1 N–H and O–H groups in total. The maximum Gasteiger partial charge on any atom is 0.123 e. The Labute approximate surface area is 102 Å². The van der Waals surface area contributed by atoms with Crippen LogP contribution >= 0.6 is 0 Å². The molecule has 2 aliphatic rings. The van der Waals surface area contributed by atoms with Gasteiger partial charge in [-0.25, -0.2) is 4.39 Å². The molecule has 0 saturated heterocycles. The van der Waals surface area contributed by atoms with Gasteiger partial charge in [0.25, 0.3) is 0 Å². The third-order valence-electron chi connectivity index (χ3n) is 4.76. The van der Waals surface area contributed by atoms with E-state index in [0.717, 1.165) is 6.54 Å². The van der Waals surface area contributed by atoms with Gasteiger partial charge in [0.2, 0.25) is 0 Å². The fourth-order valence-electron chi connectivity index (χ4n) is 3.68. The SMILES string of the molecule is CNCC1CCC2(CCC2)c2ccc(F)cc21. The largest absolute Gasteiger partial charge is 0.319 e. The van der Waals surface area contributed by atoms with Crippen molar-refractivity contribution in [3.63, 3.8) is 0 Å². The Morgan fingerprint density at radius 2 is 2.18 bits per heavy atom. The summed E-state index contributed by atoms with van der Waals surface area (Å²) in [5.74, 6) is 0.415. The minimum Gasteiger partial charge on any atom is -0.319 e. The zero-order valence-electron chi connectivity index (χ0n) is 10.4. The van der Waals surface area contributed by atoms with Gasteiger partial charge in [0.15, 0.2) is 0 Å². The molecule has 1 spiro atoms. The molecule has 0 radical (unpaired) electrons. The summed E-state index contributed by atoms with van der Waals surface area (Å²) in [6, 6.07) is 5.46. The van der Waals surface area contributed by atoms with E-state index in [-0.39, 0.29) is 5.82 Å². The van der Waals surface area contributed by atoms with E-state index in [1.807, 2.05) is 13.1 Å². The Morgan fingerprint density at radius 1 is 1.35 bits per heavy atom. The molecule has 0 aromatic heterocycles. The topological polar surface area (TPSA) is 12.0 Å². The molecule has 92 valence electrons. The Kier molecular flexibility index (Phi) is 2.70. The number of fused-ring (bicyclic) bond motifs is 2. The van der Waals surface area contributed by atoms with Gasteiger partial charge in [0.1, 0.15) is 5.82 Å². The molecule has 2 aliphatic carbocycles. The number of nitrogens with one attached hydrogen (secondary N) is 1. The van der Waals surface area contributed by atoms with E-state index in [0.29, 0.717) is 11.3 Å². The van der Waals surface area contributed by atoms with E-state index in [4.69, 9.17) is 0 Å². The lowest BCUT2D eigenvalue weighted by Gasteiger charge is -2.48. The number of likely N-dealkylation sites (N-methyl/N-ethyl adjacent to an activating group) is 1. The highest BCUT2D eigenvalue weighted by Gasteiger charge is 2.43. The van der Waals surface area contributed by atoms with Crippen LogP contribution in [0.4, 0.5) is 4.39 Å². The molecule has 2 heteroatoms. The van der Waals surface area contributed by atoms with Crippen LogP contribution in [0.2, 0.25) is 0 Å². The van der Waals surface area contributed by atoms with Gasteiger partial charge in [0, 0.05) is 6.54 Å². The summed E-state index contributed by atoms with van der Waals surface area (Å²) < 4.78 is 13.5. The van der Waals surface area contributed by atoms with Crippen molar-refractivity contribution in [1.29, 1.82) is 0 Å². The van der Waals surface area contributed by atoms with E-state index in [1.165, 1.54) is 43.2 Å². The maximum absolute atomic E-state index is 13.5. The van der Waals surface area contributed by atoms with Crippen LogP contribution in [0.1, 0.15) is 49.1 Å². The molecule has 0 aliphatic heterocycles. The molecule has 1 atom stereocenters. The number of hydrogen-bond donors (Lipinski definition) is 1. The van der Waals surface area contributed by atoms with Crippen molar-refractivity contribution >= 4 is 0 Å². The number of hydrogen-bond acceptors (Lipinski definition) is 1. The first-order valence-electron chi connectivity index (χ1n) is 6.70. The molecule has 0 amide bonds. The van der Waals surface area contributed by atoms with Gasteiger partial charge in [-0.3, -0.25) is 0 Å². The molecule has 1 nitrogen and oxygen atoms in total. The Morgan fingerprint density at radius 3 is 2.82 bits per heavy atom. The highest BCUT2D eigenvalue weighted by Crippen LogP contribution is 2.53. The van der Waals surface area contributed by atoms with Crippen molar-refractivity contribution in [2.24, 2.45) is 0 Å². The molecule has 1 aromatic carbocycles. The predicted molar refractivity (Wildman–Crippen MR) is 67.8 cm³/mol. The van der Waals surface area contributed by atoms with Crippen LogP contribution in [-0.4, -0.2) is 13.6 Å². The molecule has 17 heavy (non-hydrogen) atoms. The van der Waals surface area contributed by atoms with E-state index in [2.05, 4.69) is 5.32 Å². The summed E-state index contributed by atoms with van der Waals surface area (Å²) in [5.41, 5.74) is 3.12. The minimum atomic E-state index is -0.0822. The second kappa shape index (κ2) is 4.09. The average molecular weight is 233 g/mol. The highest BCUT2D eigenvalue weighted by molar-refractivity contribution is 5.41. The predicted octanol–water partition coefficient (Wildman–Crippen LogP) is 3.34. The van der Waals surface area contributed by atoms with Gasteiger partial charge in [-0.15, -0.1) is 0 Å². The van der Waals surface area contributed by atoms with Gasteiger partial charge >= 0.3 is 0 Å². The summed E-state index contributed by atoms with van der Waals surface area (Å²) in [7, 11) is 1.98. The van der Waals surface area contributed by atoms with Crippen molar-refractivity contribution in [2.45, 2.75) is 43.4 Å². The smallest absolute Gasteiger partial charge is 0.123 e. The summed E-state index contributed by atoms with van der Waals surface area (Å²) in [5, 5.41) is 3.24. The first-order valence-corrected chi connectivity index (χ1v) is 6.70. The van der Waals surface area contributed by atoms with E-state index < -0.39 is 0 Å². The summed E-state index contributed by atoms with van der Waals surface area (Å²) in [6.45, 7) is 0.965. The number of rotatable bonds is 2. The van der Waals surface area contributed by atoms with Gasteiger partial charge in [-0.1, -0.05) is 12.5 Å². The highest BCUT2D eigenvalue weighted by atomic mass is 19.1. The van der Waals surface area contributed by atoms with Crippen LogP contribution in [-0.2, 0) is 5.41 Å². The molecule has 0 bridgehead atoms. The summed E-state index contributed by atoms with van der Waals surface area (Å²) in [4.78, 5) is 0. The molecule has 1 unspecified atom stereocenters. The lowest BCUT2D eigenvalue weighted by molar-refractivity contribution is 0.198. The molecular formula is C15H20FN. The maximum atomic E-state index is 13.5. The zero-order chi connectivity index (χ0) is 11.9. The summed E-state index contributed by atoms with van der Waals surface area (Å²) in [6.07, 6.45) is 6.44. The number of halogens is 1. The van der Waals surface area contributed by atoms with Crippen LogP contribution in [0.25, 0.3) is 0 Å². The van der Waals surface area contributed by atoms with E-state index in [1.54, 1.807) is 12.1 Å². The van der Waals surface area contributed by atoms with Crippen molar-refractivity contribution in [2.75, 3.05) is 13.6 Å². The summed E-state index contributed by atoms with van der Waals surface area (Å²) >= 11 is 0. The van der Waals surface area contributed by atoms with Crippen molar-refractivity contribution in [1.82, 2.24) is 5.32 Å². The monoisotopic (exact) mass is 233 g/mol. The van der Waals surface area contributed by atoms with Gasteiger partial charge in [-0.2, -0.15) is 0 Å². The average Bonchev–Trinajstić information content (AvgIpc) is 2.28. The normalized spacial score (nSPS) is 25.4. The Bertz CT molecular complexity index is 423. The first-order chi connectivity index (χ1) is 8.25. The molecular weight excluding hydrogens is 213 g/mol. The third-order valence-corrected chi connectivity index (χ3v) is 4.76. The second-order valence-corrected chi connectivity index (χ2v) is 5.66.